The molecule has 0 saturated carbocycles. The van der Waals surface area contributed by atoms with Gasteiger partial charge in [0, 0.05) is 18.2 Å². The maximum absolute atomic E-state index is 11.2. The van der Waals surface area contributed by atoms with E-state index >= 15 is 0 Å². The number of nitrogens with zero attached hydrogens (tertiary/aromatic N) is 2. The van der Waals surface area contributed by atoms with Crippen molar-refractivity contribution in [3.05, 3.63) is 16.1 Å². The molecule has 12 heavy (non-hydrogen) atoms. The fourth-order valence-electron chi connectivity index (χ4n) is 0.789. The highest BCUT2D eigenvalue weighted by atomic mass is 32.1. The van der Waals surface area contributed by atoms with Crippen LogP contribution in [-0.2, 0) is 0 Å². The summed E-state index contributed by atoms with van der Waals surface area (Å²) in [6, 6.07) is 1.93. The van der Waals surface area contributed by atoms with Crippen LogP contribution in [0.25, 0.3) is 0 Å². The fourth-order valence-corrected chi connectivity index (χ4v) is 1.41. The predicted octanol–water partition coefficient (Wildman–Crippen LogP) is 1.94. The van der Waals surface area contributed by atoms with E-state index in [4.69, 9.17) is 5.26 Å². The highest BCUT2D eigenvalue weighted by Crippen LogP contribution is 2.10. The van der Waals surface area contributed by atoms with E-state index in [0.717, 1.165) is 5.01 Å². The molecular formula is C8H8N2OS. The van der Waals surface area contributed by atoms with Crippen molar-refractivity contribution in [2.24, 2.45) is 0 Å². The monoisotopic (exact) mass is 180 g/mol. The number of hydrogen-bond acceptors (Lipinski definition) is 4. The lowest BCUT2D eigenvalue weighted by Gasteiger charge is -1.89. The summed E-state index contributed by atoms with van der Waals surface area (Å²) in [7, 11) is 0. The van der Waals surface area contributed by atoms with Gasteiger partial charge in [-0.25, -0.2) is 4.98 Å². The molecule has 0 bridgehead atoms. The van der Waals surface area contributed by atoms with Crippen LogP contribution in [0.2, 0.25) is 0 Å². The van der Waals surface area contributed by atoms with E-state index in [1.807, 2.05) is 13.0 Å². The van der Waals surface area contributed by atoms with Gasteiger partial charge in [0.05, 0.1) is 11.1 Å². The van der Waals surface area contributed by atoms with Gasteiger partial charge in [-0.05, 0) is 6.92 Å². The minimum Gasteiger partial charge on any atom is -0.292 e. The quantitative estimate of drug-likeness (QED) is 0.668. The Morgan fingerprint density at radius 2 is 2.58 bits per heavy atom. The Morgan fingerprint density at radius 1 is 1.83 bits per heavy atom. The summed E-state index contributed by atoms with van der Waals surface area (Å²) >= 11 is 1.45. The third-order valence-electron chi connectivity index (χ3n) is 1.37. The maximum Gasteiger partial charge on any atom is 0.183 e. The molecule has 1 aromatic rings. The third-order valence-corrected chi connectivity index (χ3v) is 2.14. The predicted molar refractivity (Wildman–Crippen MR) is 46.0 cm³/mol. The van der Waals surface area contributed by atoms with Gasteiger partial charge in [-0.3, -0.25) is 4.79 Å². The Labute approximate surface area is 74.7 Å². The van der Waals surface area contributed by atoms with E-state index in [1.165, 1.54) is 11.3 Å². The Hall–Kier alpha value is -1.21. The van der Waals surface area contributed by atoms with Gasteiger partial charge in [0.15, 0.2) is 5.78 Å². The highest BCUT2D eigenvalue weighted by molar-refractivity contribution is 7.09. The molecule has 1 aromatic heterocycles. The van der Waals surface area contributed by atoms with Crippen molar-refractivity contribution in [1.82, 2.24) is 4.98 Å². The lowest BCUT2D eigenvalue weighted by molar-refractivity contribution is 0.0980. The number of aromatic nitrogens is 1. The summed E-state index contributed by atoms with van der Waals surface area (Å²) in [6.45, 7) is 1.85. The summed E-state index contributed by atoms with van der Waals surface area (Å²) in [5.41, 5.74) is 0.493. The summed E-state index contributed by atoms with van der Waals surface area (Å²) in [6.07, 6.45) is 0.551. The van der Waals surface area contributed by atoms with Gasteiger partial charge >= 0.3 is 0 Å². The van der Waals surface area contributed by atoms with Crippen LogP contribution in [0.15, 0.2) is 5.38 Å². The molecular weight excluding hydrogens is 172 g/mol. The zero-order valence-electron chi connectivity index (χ0n) is 6.70. The Morgan fingerprint density at radius 3 is 3.08 bits per heavy atom. The number of carbonyl (C=O) groups excluding carboxylic acids is 1. The average Bonchev–Trinajstić information content (AvgIpc) is 2.47. The van der Waals surface area contributed by atoms with Crippen molar-refractivity contribution in [2.75, 3.05) is 0 Å². The topological polar surface area (TPSA) is 53.8 Å². The summed E-state index contributed by atoms with van der Waals surface area (Å²) in [4.78, 5) is 15.2. The minimum atomic E-state index is -0.0408. The molecule has 0 aliphatic heterocycles. The number of nitriles is 1. The molecule has 0 aliphatic rings. The van der Waals surface area contributed by atoms with Crippen LogP contribution >= 0.6 is 11.3 Å². The van der Waals surface area contributed by atoms with Gasteiger partial charge in [-0.15, -0.1) is 11.3 Å². The second kappa shape index (κ2) is 3.98. The smallest absolute Gasteiger partial charge is 0.183 e. The molecule has 4 heteroatoms. The van der Waals surface area contributed by atoms with Gasteiger partial charge in [-0.2, -0.15) is 5.26 Å². The normalized spacial score (nSPS) is 9.33. The molecule has 0 saturated heterocycles. The van der Waals surface area contributed by atoms with Crippen LogP contribution in [-0.4, -0.2) is 10.8 Å². The molecule has 0 N–H and O–H groups in total. The average molecular weight is 180 g/mol. The molecule has 3 nitrogen and oxygen atoms in total. The van der Waals surface area contributed by atoms with Crippen molar-refractivity contribution in [3.8, 4) is 6.07 Å². The van der Waals surface area contributed by atoms with Gasteiger partial charge in [-0.1, -0.05) is 0 Å². The zero-order chi connectivity index (χ0) is 8.97. The minimum absolute atomic E-state index is 0.0408. The van der Waals surface area contributed by atoms with Crippen LogP contribution in [0.3, 0.4) is 0 Å². The highest BCUT2D eigenvalue weighted by Gasteiger charge is 2.07. The van der Waals surface area contributed by atoms with Crippen LogP contribution < -0.4 is 0 Å². The summed E-state index contributed by atoms with van der Waals surface area (Å²) in [5, 5.41) is 10.9. The van der Waals surface area contributed by atoms with Gasteiger partial charge < -0.3 is 0 Å². The molecule has 1 rings (SSSR count). The fraction of sp³-hybridized carbons (Fsp3) is 0.375. The lowest BCUT2D eigenvalue weighted by atomic mass is 10.2. The molecule has 0 amide bonds. The SMILES string of the molecule is Cc1nc(C(=O)CCC#N)cs1. The largest absolute Gasteiger partial charge is 0.292 e. The van der Waals surface area contributed by atoms with E-state index < -0.39 is 0 Å². The van der Waals surface area contributed by atoms with Gasteiger partial charge in [0.25, 0.3) is 0 Å². The van der Waals surface area contributed by atoms with Gasteiger partial charge in [0.2, 0.25) is 0 Å². The van der Waals surface area contributed by atoms with E-state index in [1.54, 1.807) is 5.38 Å². The van der Waals surface area contributed by atoms with Crippen molar-refractivity contribution in [3.63, 3.8) is 0 Å². The first-order valence-electron chi connectivity index (χ1n) is 3.56. The summed E-state index contributed by atoms with van der Waals surface area (Å²) in [5.74, 6) is -0.0408. The number of ketones is 1. The number of aryl methyl sites for hydroxylation is 1. The molecule has 1 heterocycles. The van der Waals surface area contributed by atoms with Crippen LogP contribution in [0.5, 0.6) is 0 Å². The molecule has 62 valence electrons. The first-order valence-corrected chi connectivity index (χ1v) is 4.44. The molecule has 0 atom stereocenters. The maximum atomic E-state index is 11.2. The first-order chi connectivity index (χ1) is 5.74. The van der Waals surface area contributed by atoms with Crippen LogP contribution in [0.4, 0.5) is 0 Å². The number of carbonyl (C=O) groups is 1. The second-order valence-electron chi connectivity index (χ2n) is 2.33. The van der Waals surface area contributed by atoms with Gasteiger partial charge in [0.1, 0.15) is 5.69 Å². The number of thiazole rings is 1. The van der Waals surface area contributed by atoms with E-state index in [-0.39, 0.29) is 18.6 Å². The van der Waals surface area contributed by atoms with Crippen LogP contribution in [0.1, 0.15) is 28.3 Å². The van der Waals surface area contributed by atoms with Crippen LogP contribution in [0, 0.1) is 18.3 Å². The zero-order valence-corrected chi connectivity index (χ0v) is 7.52. The van der Waals surface area contributed by atoms with Crippen molar-refractivity contribution >= 4 is 17.1 Å². The Kier molecular flexibility index (Phi) is 2.94. The Balaban J connectivity index is 2.61. The van der Waals surface area contributed by atoms with Crippen molar-refractivity contribution in [1.29, 1.82) is 5.26 Å². The molecule has 0 aliphatic carbocycles. The van der Waals surface area contributed by atoms with E-state index in [2.05, 4.69) is 4.98 Å². The number of Topliss-reactive ketones (excluding diaryl/α,β-unsaturated/α-hetero) is 1. The standard InChI is InChI=1S/C8H8N2OS/c1-6-10-7(5-12-6)8(11)3-2-4-9/h5H,2-3H2,1H3. The molecule has 0 radical (unpaired) electrons. The lowest BCUT2D eigenvalue weighted by Crippen LogP contribution is -1.98. The number of rotatable bonds is 3. The number of hydrogen-bond donors (Lipinski definition) is 0. The Bertz CT molecular complexity index is 324. The van der Waals surface area contributed by atoms with Crippen molar-refractivity contribution < 1.29 is 4.79 Å². The molecule has 0 spiro atoms. The molecule has 0 aromatic carbocycles. The molecule has 0 fully saturated rings. The molecule has 0 unspecified atom stereocenters. The van der Waals surface area contributed by atoms with E-state index in [0.29, 0.717) is 5.69 Å². The van der Waals surface area contributed by atoms with Crippen molar-refractivity contribution in [2.45, 2.75) is 19.8 Å². The summed E-state index contributed by atoms with van der Waals surface area (Å²) < 4.78 is 0. The van der Waals surface area contributed by atoms with E-state index in [9.17, 15) is 4.79 Å². The first kappa shape index (κ1) is 8.88. The third kappa shape index (κ3) is 2.14. The second-order valence-corrected chi connectivity index (χ2v) is 3.40.